The van der Waals surface area contributed by atoms with Crippen LogP contribution in [-0.4, -0.2) is 101 Å². The van der Waals surface area contributed by atoms with Crippen molar-refractivity contribution in [3.8, 4) is 6.07 Å². The molecule has 0 spiro atoms. The molecule has 4 rings (SSSR count). The Bertz CT molecular complexity index is 1630. The summed E-state index contributed by atoms with van der Waals surface area (Å²) in [5.74, 6) is -0.772. The number of rotatable bonds is 12. The molecule has 1 aliphatic heterocycles. The maximum Gasteiger partial charge on any atom is 0.410 e. The second-order valence-corrected chi connectivity index (χ2v) is 16.6. The third-order valence-electron chi connectivity index (χ3n) is 8.33. The number of nitrogens with zero attached hydrogens (tertiary/aromatic N) is 5. The number of aromatic nitrogens is 2. The summed E-state index contributed by atoms with van der Waals surface area (Å²) in [5.41, 5.74) is 1.70. The molecule has 1 aromatic carbocycles. The number of carbonyl (C=O) groups excluding carboxylic acids is 3. The summed E-state index contributed by atoms with van der Waals surface area (Å²) in [4.78, 5) is 41.8. The highest BCUT2D eigenvalue weighted by Gasteiger charge is 2.61. The quantitative estimate of drug-likeness (QED) is 0.338. The monoisotopic (exact) mass is 656 g/mol. The molecule has 1 aliphatic carbocycles. The number of ether oxygens (including phenoxy) is 2. The molecule has 250 valence electrons. The van der Waals surface area contributed by atoms with E-state index >= 15 is 0 Å². The average molecular weight is 657 g/mol. The van der Waals surface area contributed by atoms with Crippen molar-refractivity contribution in [1.82, 2.24) is 24.9 Å². The number of sulfone groups is 1. The summed E-state index contributed by atoms with van der Waals surface area (Å²) in [5, 5.41) is 16.2. The van der Waals surface area contributed by atoms with Crippen LogP contribution in [0.25, 0.3) is 0 Å². The molecule has 46 heavy (non-hydrogen) atoms. The molecule has 2 heterocycles. The van der Waals surface area contributed by atoms with Crippen molar-refractivity contribution in [2.24, 2.45) is 7.05 Å². The van der Waals surface area contributed by atoms with Gasteiger partial charge in [-0.3, -0.25) is 14.3 Å². The molecule has 1 fully saturated rings. The van der Waals surface area contributed by atoms with Crippen LogP contribution in [0.3, 0.4) is 0 Å². The van der Waals surface area contributed by atoms with Gasteiger partial charge in [0.2, 0.25) is 0 Å². The van der Waals surface area contributed by atoms with Gasteiger partial charge in [-0.05, 0) is 71.6 Å². The van der Waals surface area contributed by atoms with Crippen molar-refractivity contribution < 1.29 is 32.3 Å². The second kappa shape index (κ2) is 13.0. The third-order valence-corrected chi connectivity index (χ3v) is 11.6. The molecular weight excluding hydrogens is 612 g/mol. The molecular formula is C32H44N6O7S. The highest BCUT2D eigenvalue weighted by Crippen LogP contribution is 2.49. The number of hydrogen-bond donors (Lipinski definition) is 1. The molecule has 1 saturated carbocycles. The summed E-state index contributed by atoms with van der Waals surface area (Å²) in [6.07, 6.45) is 0.747. The molecule has 0 saturated heterocycles. The molecule has 1 N–H and O–H groups in total. The Labute approximate surface area is 270 Å². The first-order valence-corrected chi connectivity index (χ1v) is 16.8. The van der Waals surface area contributed by atoms with Crippen LogP contribution in [0.5, 0.6) is 0 Å². The fraction of sp³-hybridized carbons (Fsp3) is 0.594. The number of fused-ring (bicyclic) bond motifs is 1. The lowest BCUT2D eigenvalue weighted by atomic mass is 10.0. The van der Waals surface area contributed by atoms with Crippen molar-refractivity contribution in [2.75, 3.05) is 39.9 Å². The summed E-state index contributed by atoms with van der Waals surface area (Å²) >= 11 is 0. The van der Waals surface area contributed by atoms with E-state index in [9.17, 15) is 22.8 Å². The lowest BCUT2D eigenvalue weighted by molar-refractivity contribution is 0.0222. The van der Waals surface area contributed by atoms with E-state index in [0.29, 0.717) is 30.4 Å². The van der Waals surface area contributed by atoms with Crippen molar-refractivity contribution in [3.05, 3.63) is 52.3 Å². The Morgan fingerprint density at radius 1 is 1.15 bits per heavy atom. The van der Waals surface area contributed by atoms with Gasteiger partial charge in [0.15, 0.2) is 15.5 Å². The minimum absolute atomic E-state index is 0.0455. The van der Waals surface area contributed by atoms with Crippen LogP contribution in [-0.2, 0) is 39.3 Å². The topological polar surface area (TPSA) is 164 Å². The molecule has 2 aromatic rings. The van der Waals surface area contributed by atoms with Gasteiger partial charge in [-0.25, -0.2) is 13.2 Å². The Morgan fingerprint density at radius 3 is 2.39 bits per heavy atom. The van der Waals surface area contributed by atoms with Crippen LogP contribution < -0.4 is 5.32 Å². The Balaban J connectivity index is 1.36. The van der Waals surface area contributed by atoms with E-state index in [1.165, 1.54) is 9.58 Å². The molecule has 14 heteroatoms. The predicted octanol–water partition coefficient (Wildman–Crippen LogP) is 2.83. The van der Waals surface area contributed by atoms with Gasteiger partial charge in [-0.2, -0.15) is 10.4 Å². The normalized spacial score (nSPS) is 16.0. The van der Waals surface area contributed by atoms with E-state index in [1.807, 2.05) is 0 Å². The minimum atomic E-state index is -3.75. The zero-order chi connectivity index (χ0) is 34.1. The third kappa shape index (κ3) is 7.36. The van der Waals surface area contributed by atoms with Crippen molar-refractivity contribution in [2.45, 2.75) is 75.5 Å². The highest BCUT2D eigenvalue weighted by atomic mass is 32.2. The Kier molecular flexibility index (Phi) is 9.89. The highest BCUT2D eigenvalue weighted by molar-refractivity contribution is 7.94. The van der Waals surface area contributed by atoms with Gasteiger partial charge >= 0.3 is 6.09 Å². The van der Waals surface area contributed by atoms with Crippen LogP contribution in [0, 0.1) is 11.3 Å². The van der Waals surface area contributed by atoms with Crippen molar-refractivity contribution in [3.63, 3.8) is 0 Å². The van der Waals surface area contributed by atoms with Gasteiger partial charge in [0.05, 0.1) is 34.3 Å². The molecule has 0 unspecified atom stereocenters. The van der Waals surface area contributed by atoms with E-state index in [4.69, 9.17) is 14.7 Å². The standard InChI is InChI=1S/C32H44N6O7S/c1-30(2,3)45-29(41)36(6)16-17-44-21-31(4,5)46(42,43)32(13-14-32)20-38-15-12-24-25(35-37(7)26(24)28(38)40)27(39)34-19-23-10-8-22(18-33)9-11-23/h8-11H,12-17,19-21H2,1-7H3,(H,34,39). The first kappa shape index (κ1) is 34.9. The van der Waals surface area contributed by atoms with Crippen LogP contribution in [0.15, 0.2) is 24.3 Å². The molecule has 0 bridgehead atoms. The van der Waals surface area contributed by atoms with E-state index in [-0.39, 0.29) is 56.7 Å². The minimum Gasteiger partial charge on any atom is -0.444 e. The Morgan fingerprint density at radius 2 is 1.80 bits per heavy atom. The number of likely N-dealkylation sites (N-methyl/N-ethyl adjacent to an activating group) is 1. The summed E-state index contributed by atoms with van der Waals surface area (Å²) < 4.78 is 38.1. The number of nitrogens with one attached hydrogen (secondary N) is 1. The zero-order valence-corrected chi connectivity index (χ0v) is 28.5. The smallest absolute Gasteiger partial charge is 0.410 e. The summed E-state index contributed by atoms with van der Waals surface area (Å²) in [6.45, 7) is 9.43. The summed E-state index contributed by atoms with van der Waals surface area (Å²) in [6, 6.07) is 8.92. The number of hydrogen-bond acceptors (Lipinski definition) is 9. The lowest BCUT2D eigenvalue weighted by Gasteiger charge is -2.35. The van der Waals surface area contributed by atoms with Gasteiger partial charge in [-0.1, -0.05) is 12.1 Å². The molecule has 3 amide bonds. The van der Waals surface area contributed by atoms with Crippen LogP contribution in [0.4, 0.5) is 4.79 Å². The number of aryl methyl sites for hydroxylation is 1. The second-order valence-electron chi connectivity index (χ2n) is 13.7. The molecule has 0 atom stereocenters. The fourth-order valence-electron chi connectivity index (χ4n) is 5.48. The lowest BCUT2D eigenvalue weighted by Crippen LogP contribution is -2.52. The zero-order valence-electron chi connectivity index (χ0n) is 27.7. The van der Waals surface area contributed by atoms with Gasteiger partial charge in [0.1, 0.15) is 11.3 Å². The van der Waals surface area contributed by atoms with Crippen LogP contribution in [0.1, 0.15) is 85.1 Å². The van der Waals surface area contributed by atoms with Crippen LogP contribution >= 0.6 is 0 Å². The number of nitriles is 1. The van der Waals surface area contributed by atoms with Gasteiger partial charge in [-0.15, -0.1) is 0 Å². The van der Waals surface area contributed by atoms with E-state index in [2.05, 4.69) is 16.5 Å². The largest absolute Gasteiger partial charge is 0.444 e. The van der Waals surface area contributed by atoms with E-state index in [1.54, 1.807) is 77.9 Å². The first-order chi connectivity index (χ1) is 21.4. The first-order valence-electron chi connectivity index (χ1n) is 15.3. The van der Waals surface area contributed by atoms with E-state index in [0.717, 1.165) is 5.56 Å². The van der Waals surface area contributed by atoms with E-state index < -0.39 is 36.9 Å². The van der Waals surface area contributed by atoms with Crippen molar-refractivity contribution >= 4 is 27.7 Å². The SMILES string of the molecule is CN(CCOCC(C)(C)S(=O)(=O)C1(CN2CCc3c(C(=O)NCc4ccc(C#N)cc4)nn(C)c3C2=O)CC1)C(=O)OC(C)(C)C. The maximum atomic E-state index is 14.0. The predicted molar refractivity (Wildman–Crippen MR) is 170 cm³/mol. The molecule has 0 radical (unpaired) electrons. The molecule has 13 nitrogen and oxygen atoms in total. The summed E-state index contributed by atoms with van der Waals surface area (Å²) in [7, 11) is -0.562. The number of benzene rings is 1. The fourth-order valence-corrected chi connectivity index (χ4v) is 7.86. The molecule has 1 aromatic heterocycles. The number of amides is 3. The Hall–Kier alpha value is -3.96. The molecule has 2 aliphatic rings. The van der Waals surface area contributed by atoms with Gasteiger partial charge < -0.3 is 24.6 Å². The van der Waals surface area contributed by atoms with Gasteiger partial charge in [0, 0.05) is 45.8 Å². The average Bonchev–Trinajstić information content (AvgIpc) is 3.70. The number of carbonyl (C=O) groups is 3. The van der Waals surface area contributed by atoms with Gasteiger partial charge in [0.25, 0.3) is 11.8 Å². The maximum absolute atomic E-state index is 14.0. The van der Waals surface area contributed by atoms with Crippen LogP contribution in [0.2, 0.25) is 0 Å². The van der Waals surface area contributed by atoms with Crippen molar-refractivity contribution in [1.29, 1.82) is 5.26 Å².